The molecule has 1 aromatic carbocycles. The molecule has 0 saturated carbocycles. The zero-order valence-corrected chi connectivity index (χ0v) is 12.3. The van der Waals surface area contributed by atoms with Crippen LogP contribution in [0.15, 0.2) is 22.7 Å². The van der Waals surface area contributed by atoms with Crippen LogP contribution >= 0.6 is 15.9 Å². The van der Waals surface area contributed by atoms with Crippen LogP contribution in [-0.2, 0) is 0 Å². The molecule has 4 heteroatoms. The van der Waals surface area contributed by atoms with E-state index in [1.54, 1.807) is 7.11 Å². The number of hydrogen-bond donors (Lipinski definition) is 1. The molecule has 0 aliphatic rings. The summed E-state index contributed by atoms with van der Waals surface area (Å²) in [5, 5.41) is 0. The number of ether oxygens (including phenoxy) is 1. The van der Waals surface area contributed by atoms with Gasteiger partial charge in [-0.1, -0.05) is 15.9 Å². The van der Waals surface area contributed by atoms with Crippen molar-refractivity contribution in [2.24, 2.45) is 5.73 Å². The van der Waals surface area contributed by atoms with Crippen molar-refractivity contribution in [3.05, 3.63) is 22.7 Å². The Morgan fingerprint density at radius 1 is 1.47 bits per heavy atom. The molecule has 1 atom stereocenters. The highest BCUT2D eigenvalue weighted by Gasteiger charge is 2.08. The summed E-state index contributed by atoms with van der Waals surface area (Å²) in [5.41, 5.74) is 6.85. The fourth-order valence-corrected chi connectivity index (χ4v) is 2.08. The quantitative estimate of drug-likeness (QED) is 0.878. The molecule has 0 radical (unpaired) electrons. The lowest BCUT2D eigenvalue weighted by Crippen LogP contribution is -2.22. The molecule has 0 spiro atoms. The lowest BCUT2D eigenvalue weighted by molar-refractivity contribution is 0.414. The highest BCUT2D eigenvalue weighted by Crippen LogP contribution is 2.30. The van der Waals surface area contributed by atoms with Gasteiger partial charge >= 0.3 is 0 Å². The van der Waals surface area contributed by atoms with Crippen LogP contribution in [0.2, 0.25) is 0 Å². The maximum Gasteiger partial charge on any atom is 0.142 e. The number of halogens is 1. The average molecular weight is 301 g/mol. The van der Waals surface area contributed by atoms with Gasteiger partial charge in [0, 0.05) is 24.1 Å². The molecule has 0 fully saturated rings. The standard InChI is InChI=1S/C13H21BrN2O/c1-10(15)5-4-8-16(2)12-9-11(14)6-7-13(12)17-3/h6-7,9-10H,4-5,8,15H2,1-3H3. The van der Waals surface area contributed by atoms with E-state index in [1.165, 1.54) is 0 Å². The van der Waals surface area contributed by atoms with Gasteiger partial charge in [-0.2, -0.15) is 0 Å². The second kappa shape index (κ2) is 6.87. The third kappa shape index (κ3) is 4.56. The summed E-state index contributed by atoms with van der Waals surface area (Å²) in [6, 6.07) is 6.30. The topological polar surface area (TPSA) is 38.5 Å². The Labute approximate surface area is 112 Å². The first-order chi connectivity index (χ1) is 8.04. The molecule has 1 aromatic rings. The van der Waals surface area contributed by atoms with Crippen LogP contribution in [0.4, 0.5) is 5.69 Å². The van der Waals surface area contributed by atoms with Gasteiger partial charge in [-0.15, -0.1) is 0 Å². The van der Waals surface area contributed by atoms with Crippen LogP contribution in [0.5, 0.6) is 5.75 Å². The van der Waals surface area contributed by atoms with Crippen LogP contribution in [0.3, 0.4) is 0 Å². The van der Waals surface area contributed by atoms with Crippen LogP contribution in [0, 0.1) is 0 Å². The Bertz CT molecular complexity index is 355. The molecule has 0 aliphatic carbocycles. The van der Waals surface area contributed by atoms with Gasteiger partial charge in [0.15, 0.2) is 0 Å². The molecule has 0 heterocycles. The van der Waals surface area contributed by atoms with Crippen molar-refractivity contribution >= 4 is 21.6 Å². The minimum atomic E-state index is 0.271. The fourth-order valence-electron chi connectivity index (χ4n) is 1.73. The Morgan fingerprint density at radius 2 is 2.18 bits per heavy atom. The first-order valence-corrected chi connectivity index (χ1v) is 6.64. The largest absolute Gasteiger partial charge is 0.495 e. The van der Waals surface area contributed by atoms with Gasteiger partial charge in [-0.3, -0.25) is 0 Å². The van der Waals surface area contributed by atoms with Crippen LogP contribution in [0.25, 0.3) is 0 Å². The molecule has 1 rings (SSSR count). The minimum absolute atomic E-state index is 0.271. The van der Waals surface area contributed by atoms with Gasteiger partial charge in [0.1, 0.15) is 5.75 Å². The number of methoxy groups -OCH3 is 1. The highest BCUT2D eigenvalue weighted by atomic mass is 79.9. The number of benzene rings is 1. The van der Waals surface area contributed by atoms with E-state index in [4.69, 9.17) is 10.5 Å². The van der Waals surface area contributed by atoms with Crippen molar-refractivity contribution in [2.45, 2.75) is 25.8 Å². The third-order valence-electron chi connectivity index (χ3n) is 2.71. The fraction of sp³-hybridized carbons (Fsp3) is 0.538. The zero-order valence-electron chi connectivity index (χ0n) is 10.7. The summed E-state index contributed by atoms with van der Waals surface area (Å²) in [4.78, 5) is 2.20. The number of anilines is 1. The predicted molar refractivity (Wildman–Crippen MR) is 76.8 cm³/mol. The van der Waals surface area contributed by atoms with Crippen LogP contribution in [0.1, 0.15) is 19.8 Å². The molecule has 0 aliphatic heterocycles. The molecular formula is C13H21BrN2O. The van der Waals surface area contributed by atoms with E-state index >= 15 is 0 Å². The van der Waals surface area contributed by atoms with Crippen molar-refractivity contribution in [1.82, 2.24) is 0 Å². The van der Waals surface area contributed by atoms with Gasteiger partial charge in [-0.25, -0.2) is 0 Å². The minimum Gasteiger partial charge on any atom is -0.495 e. The van der Waals surface area contributed by atoms with Gasteiger partial charge in [0.25, 0.3) is 0 Å². The maximum absolute atomic E-state index is 5.75. The van der Waals surface area contributed by atoms with E-state index in [9.17, 15) is 0 Å². The summed E-state index contributed by atoms with van der Waals surface area (Å²) in [5.74, 6) is 0.900. The average Bonchev–Trinajstić information content (AvgIpc) is 2.28. The maximum atomic E-state index is 5.75. The van der Waals surface area contributed by atoms with E-state index < -0.39 is 0 Å². The second-order valence-corrected chi connectivity index (χ2v) is 5.27. The summed E-state index contributed by atoms with van der Waals surface area (Å²) in [6.45, 7) is 3.02. The lowest BCUT2D eigenvalue weighted by atomic mass is 10.2. The Kier molecular flexibility index (Phi) is 5.78. The normalized spacial score (nSPS) is 12.3. The van der Waals surface area contributed by atoms with E-state index in [-0.39, 0.29) is 6.04 Å². The molecule has 96 valence electrons. The Morgan fingerprint density at radius 3 is 2.76 bits per heavy atom. The SMILES string of the molecule is COc1ccc(Br)cc1N(C)CCCC(C)N. The van der Waals surface area contributed by atoms with Gasteiger partial charge in [0.2, 0.25) is 0 Å². The lowest BCUT2D eigenvalue weighted by Gasteiger charge is -2.22. The second-order valence-electron chi connectivity index (χ2n) is 4.36. The predicted octanol–water partition coefficient (Wildman–Crippen LogP) is 3.02. The molecule has 1 unspecified atom stereocenters. The van der Waals surface area contributed by atoms with Crippen molar-refractivity contribution in [2.75, 3.05) is 25.6 Å². The van der Waals surface area contributed by atoms with Crippen molar-refractivity contribution in [3.63, 3.8) is 0 Å². The van der Waals surface area contributed by atoms with Crippen LogP contribution in [-0.4, -0.2) is 26.7 Å². The van der Waals surface area contributed by atoms with E-state index in [1.807, 2.05) is 19.1 Å². The summed E-state index contributed by atoms with van der Waals surface area (Å²) < 4.78 is 6.42. The van der Waals surface area contributed by atoms with E-state index in [0.29, 0.717) is 0 Å². The molecule has 0 saturated heterocycles. The molecule has 0 bridgehead atoms. The third-order valence-corrected chi connectivity index (χ3v) is 3.20. The van der Waals surface area contributed by atoms with Gasteiger partial charge in [-0.05, 0) is 38.0 Å². The number of nitrogens with two attached hydrogens (primary N) is 1. The molecule has 0 aromatic heterocycles. The molecule has 3 nitrogen and oxygen atoms in total. The monoisotopic (exact) mass is 300 g/mol. The zero-order chi connectivity index (χ0) is 12.8. The number of hydrogen-bond acceptors (Lipinski definition) is 3. The van der Waals surface area contributed by atoms with Gasteiger partial charge in [0.05, 0.1) is 12.8 Å². The molecule has 17 heavy (non-hydrogen) atoms. The highest BCUT2D eigenvalue weighted by molar-refractivity contribution is 9.10. The summed E-state index contributed by atoms with van der Waals surface area (Å²) >= 11 is 3.48. The Hall–Kier alpha value is -0.740. The van der Waals surface area contributed by atoms with E-state index in [0.717, 1.165) is 35.3 Å². The molecule has 2 N–H and O–H groups in total. The summed E-state index contributed by atoms with van der Waals surface area (Å²) in [7, 11) is 3.77. The van der Waals surface area contributed by atoms with Crippen molar-refractivity contribution < 1.29 is 4.74 Å². The number of rotatable bonds is 6. The van der Waals surface area contributed by atoms with Crippen LogP contribution < -0.4 is 15.4 Å². The smallest absolute Gasteiger partial charge is 0.142 e. The summed E-state index contributed by atoms with van der Waals surface area (Å²) in [6.07, 6.45) is 2.13. The molecule has 0 amide bonds. The van der Waals surface area contributed by atoms with Crippen molar-refractivity contribution in [3.8, 4) is 5.75 Å². The Balaban J connectivity index is 2.66. The number of nitrogens with zero attached hydrogens (tertiary/aromatic N) is 1. The molecular weight excluding hydrogens is 280 g/mol. The first-order valence-electron chi connectivity index (χ1n) is 5.85. The van der Waals surface area contributed by atoms with Gasteiger partial charge < -0.3 is 15.4 Å². The van der Waals surface area contributed by atoms with E-state index in [2.05, 4.69) is 33.9 Å². The van der Waals surface area contributed by atoms with Crippen molar-refractivity contribution in [1.29, 1.82) is 0 Å². The first kappa shape index (κ1) is 14.3.